The number of piperidine rings is 1. The van der Waals surface area contributed by atoms with Crippen molar-refractivity contribution in [3.63, 3.8) is 0 Å². The molecule has 1 saturated heterocycles. The Morgan fingerprint density at radius 2 is 1.84 bits per heavy atom. The van der Waals surface area contributed by atoms with E-state index in [2.05, 4.69) is 50.7 Å². The van der Waals surface area contributed by atoms with E-state index in [4.69, 9.17) is 4.74 Å². The molecular formula is C24H26N4O2S. The predicted molar refractivity (Wildman–Crippen MR) is 124 cm³/mol. The normalized spacial score (nSPS) is 14.3. The lowest BCUT2D eigenvalue weighted by Gasteiger charge is -2.32. The highest BCUT2D eigenvalue weighted by Gasteiger charge is 2.25. The summed E-state index contributed by atoms with van der Waals surface area (Å²) in [4.78, 5) is 24.6. The van der Waals surface area contributed by atoms with Gasteiger partial charge in [-0.05, 0) is 48.9 Å². The van der Waals surface area contributed by atoms with Crippen LogP contribution in [0, 0.1) is 5.92 Å². The van der Waals surface area contributed by atoms with Gasteiger partial charge in [-0.1, -0.05) is 30.3 Å². The zero-order valence-corrected chi connectivity index (χ0v) is 18.3. The molecule has 0 atom stereocenters. The molecule has 1 N–H and O–H groups in total. The van der Waals surface area contributed by atoms with Crippen LogP contribution in [0.1, 0.15) is 18.4 Å². The van der Waals surface area contributed by atoms with Crippen LogP contribution in [0.2, 0.25) is 0 Å². The van der Waals surface area contributed by atoms with Crippen LogP contribution >= 0.6 is 11.8 Å². The van der Waals surface area contributed by atoms with Gasteiger partial charge in [0.1, 0.15) is 17.9 Å². The molecule has 0 aliphatic carbocycles. The summed E-state index contributed by atoms with van der Waals surface area (Å²) in [5.41, 5.74) is 1.12. The summed E-state index contributed by atoms with van der Waals surface area (Å²) in [5, 5.41) is 3.09. The minimum absolute atomic E-state index is 0.0311. The lowest BCUT2D eigenvalue weighted by atomic mass is 9.96. The van der Waals surface area contributed by atoms with Crippen molar-refractivity contribution in [2.24, 2.45) is 5.92 Å². The van der Waals surface area contributed by atoms with Gasteiger partial charge in [0.2, 0.25) is 11.8 Å². The Hall–Kier alpha value is -3.06. The standard InChI is InChI=1S/C24H26N4O2S/c1-31-21-9-7-18(8-10-21)16-25-24(29)19-11-13-28(14-12-19)22-15-23(27-17-26-22)30-20-5-3-2-4-6-20/h2-10,15,17,19H,11-14,16H2,1H3,(H,25,29). The fourth-order valence-electron chi connectivity index (χ4n) is 3.62. The Morgan fingerprint density at radius 3 is 2.55 bits per heavy atom. The van der Waals surface area contributed by atoms with Crippen LogP contribution in [0.25, 0.3) is 0 Å². The third-order valence-electron chi connectivity index (χ3n) is 5.41. The molecule has 31 heavy (non-hydrogen) atoms. The van der Waals surface area contributed by atoms with Crippen LogP contribution in [0.5, 0.6) is 11.6 Å². The topological polar surface area (TPSA) is 67.4 Å². The first-order valence-electron chi connectivity index (χ1n) is 10.4. The lowest BCUT2D eigenvalue weighted by Crippen LogP contribution is -2.40. The Kier molecular flexibility index (Phi) is 7.04. The van der Waals surface area contributed by atoms with Crippen molar-refractivity contribution >= 4 is 23.5 Å². The fourth-order valence-corrected chi connectivity index (χ4v) is 4.02. The van der Waals surface area contributed by atoms with Crippen molar-refractivity contribution in [1.82, 2.24) is 15.3 Å². The van der Waals surface area contributed by atoms with E-state index in [1.165, 1.54) is 11.2 Å². The molecule has 0 spiro atoms. The fraction of sp³-hybridized carbons (Fsp3) is 0.292. The van der Waals surface area contributed by atoms with Gasteiger partial charge in [0.15, 0.2) is 0 Å². The number of carbonyl (C=O) groups is 1. The summed E-state index contributed by atoms with van der Waals surface area (Å²) in [7, 11) is 0. The van der Waals surface area contributed by atoms with E-state index in [0.29, 0.717) is 12.4 Å². The SMILES string of the molecule is CSc1ccc(CNC(=O)C2CCN(c3cc(Oc4ccccc4)ncn3)CC2)cc1. The molecule has 1 aliphatic heterocycles. The average molecular weight is 435 g/mol. The number of nitrogens with zero attached hydrogens (tertiary/aromatic N) is 3. The number of thioether (sulfide) groups is 1. The number of para-hydroxylation sites is 1. The van der Waals surface area contributed by atoms with Crippen LogP contribution < -0.4 is 15.0 Å². The maximum absolute atomic E-state index is 12.6. The van der Waals surface area contributed by atoms with Gasteiger partial charge in [-0.15, -0.1) is 11.8 Å². The Morgan fingerprint density at radius 1 is 1.10 bits per heavy atom. The van der Waals surface area contributed by atoms with Crippen molar-refractivity contribution < 1.29 is 9.53 Å². The summed E-state index contributed by atoms with van der Waals surface area (Å²) in [6, 6.07) is 19.7. The number of ether oxygens (including phenoxy) is 1. The number of carbonyl (C=O) groups excluding carboxylic acids is 1. The highest BCUT2D eigenvalue weighted by molar-refractivity contribution is 7.98. The molecule has 0 saturated carbocycles. The maximum Gasteiger partial charge on any atom is 0.224 e. The van der Waals surface area contributed by atoms with E-state index in [0.717, 1.165) is 43.1 Å². The summed E-state index contributed by atoms with van der Waals surface area (Å²) in [5.74, 6) is 2.25. The largest absolute Gasteiger partial charge is 0.439 e. The second-order valence-corrected chi connectivity index (χ2v) is 8.34. The van der Waals surface area contributed by atoms with Crippen LogP contribution in [0.4, 0.5) is 5.82 Å². The van der Waals surface area contributed by atoms with Crippen LogP contribution in [0.15, 0.2) is 71.9 Å². The summed E-state index contributed by atoms with van der Waals surface area (Å²) in [6.07, 6.45) is 5.18. The highest BCUT2D eigenvalue weighted by Crippen LogP contribution is 2.26. The molecular weight excluding hydrogens is 408 g/mol. The van der Waals surface area contributed by atoms with Gasteiger partial charge in [0.25, 0.3) is 0 Å². The number of nitrogens with one attached hydrogen (secondary N) is 1. The third-order valence-corrected chi connectivity index (χ3v) is 6.15. The maximum atomic E-state index is 12.6. The number of anilines is 1. The molecule has 0 radical (unpaired) electrons. The molecule has 1 aliphatic rings. The molecule has 7 heteroatoms. The Balaban J connectivity index is 1.28. The molecule has 1 amide bonds. The minimum atomic E-state index is 0.0311. The smallest absolute Gasteiger partial charge is 0.224 e. The van der Waals surface area contributed by atoms with Crippen molar-refractivity contribution in [3.8, 4) is 11.6 Å². The van der Waals surface area contributed by atoms with Crippen LogP contribution in [0.3, 0.4) is 0 Å². The third kappa shape index (κ3) is 5.76. The van der Waals surface area contributed by atoms with Gasteiger partial charge in [0, 0.05) is 36.5 Å². The average Bonchev–Trinajstić information content (AvgIpc) is 2.84. The molecule has 2 aromatic carbocycles. The van der Waals surface area contributed by atoms with Crippen molar-refractivity contribution in [2.45, 2.75) is 24.3 Å². The van der Waals surface area contributed by atoms with E-state index < -0.39 is 0 Å². The van der Waals surface area contributed by atoms with Gasteiger partial charge >= 0.3 is 0 Å². The molecule has 160 valence electrons. The molecule has 0 unspecified atom stereocenters. The number of hydrogen-bond acceptors (Lipinski definition) is 6. The monoisotopic (exact) mass is 434 g/mol. The first-order valence-corrected chi connectivity index (χ1v) is 11.6. The predicted octanol–water partition coefficient (Wildman–Crippen LogP) is 4.52. The first kappa shape index (κ1) is 21.2. The van der Waals surface area contributed by atoms with E-state index >= 15 is 0 Å². The first-order chi connectivity index (χ1) is 15.2. The lowest BCUT2D eigenvalue weighted by molar-refractivity contribution is -0.125. The second kappa shape index (κ2) is 10.3. The van der Waals surface area contributed by atoms with E-state index in [1.807, 2.05) is 36.4 Å². The van der Waals surface area contributed by atoms with Crippen molar-refractivity contribution in [1.29, 1.82) is 0 Å². The van der Waals surface area contributed by atoms with Gasteiger partial charge in [-0.25, -0.2) is 9.97 Å². The number of aromatic nitrogens is 2. The second-order valence-electron chi connectivity index (χ2n) is 7.46. The summed E-state index contributed by atoms with van der Waals surface area (Å²) < 4.78 is 5.81. The molecule has 3 aromatic rings. The van der Waals surface area contributed by atoms with E-state index in [1.54, 1.807) is 11.8 Å². The number of hydrogen-bond donors (Lipinski definition) is 1. The zero-order chi connectivity index (χ0) is 21.5. The summed E-state index contributed by atoms with van der Waals surface area (Å²) in [6.45, 7) is 2.13. The van der Waals surface area contributed by atoms with Gasteiger partial charge < -0.3 is 15.0 Å². The molecule has 4 rings (SSSR count). The van der Waals surface area contributed by atoms with Gasteiger partial charge in [0.05, 0.1) is 0 Å². The number of amides is 1. The van der Waals surface area contributed by atoms with Crippen molar-refractivity contribution in [2.75, 3.05) is 24.2 Å². The molecule has 0 bridgehead atoms. The van der Waals surface area contributed by atoms with E-state index in [-0.39, 0.29) is 11.8 Å². The Bertz CT molecular complexity index is 990. The molecule has 2 heterocycles. The van der Waals surface area contributed by atoms with E-state index in [9.17, 15) is 4.79 Å². The summed E-state index contributed by atoms with van der Waals surface area (Å²) >= 11 is 1.72. The number of benzene rings is 2. The quantitative estimate of drug-likeness (QED) is 0.552. The van der Waals surface area contributed by atoms with Crippen LogP contribution in [-0.2, 0) is 11.3 Å². The number of rotatable bonds is 7. The zero-order valence-electron chi connectivity index (χ0n) is 17.5. The Labute approximate surface area is 187 Å². The molecule has 6 nitrogen and oxygen atoms in total. The van der Waals surface area contributed by atoms with Crippen LogP contribution in [-0.4, -0.2) is 35.2 Å². The van der Waals surface area contributed by atoms with Crippen molar-refractivity contribution in [3.05, 3.63) is 72.6 Å². The molecule has 1 fully saturated rings. The minimum Gasteiger partial charge on any atom is -0.439 e. The molecule has 1 aromatic heterocycles. The van der Waals surface area contributed by atoms with Gasteiger partial charge in [-0.3, -0.25) is 4.79 Å². The highest BCUT2D eigenvalue weighted by atomic mass is 32.2. The van der Waals surface area contributed by atoms with Gasteiger partial charge in [-0.2, -0.15) is 0 Å².